The van der Waals surface area contributed by atoms with Gasteiger partial charge < -0.3 is 24.6 Å². The molecule has 0 unspecified atom stereocenters. The maximum atomic E-state index is 12.6. The number of aromatic nitrogens is 3. The van der Waals surface area contributed by atoms with Crippen LogP contribution in [0.15, 0.2) is 42.7 Å². The van der Waals surface area contributed by atoms with Crippen LogP contribution in [0.25, 0.3) is 11.1 Å². The summed E-state index contributed by atoms with van der Waals surface area (Å²) in [5.41, 5.74) is 3.49. The molecule has 4 heterocycles. The lowest BCUT2D eigenvalue weighted by Gasteiger charge is -2.31. The summed E-state index contributed by atoms with van der Waals surface area (Å²) in [5.74, 6) is 1.28. The van der Waals surface area contributed by atoms with E-state index in [0.717, 1.165) is 24.8 Å². The second-order valence-corrected chi connectivity index (χ2v) is 9.28. The Morgan fingerprint density at radius 2 is 1.95 bits per heavy atom. The minimum atomic E-state index is 0. The van der Waals surface area contributed by atoms with Crippen molar-refractivity contribution in [3.05, 3.63) is 48.3 Å². The molecule has 2 fully saturated rings. The van der Waals surface area contributed by atoms with E-state index in [1.165, 1.54) is 0 Å². The van der Waals surface area contributed by atoms with Gasteiger partial charge in [-0.2, -0.15) is 18.5 Å². The topological polar surface area (TPSA) is 110 Å². The summed E-state index contributed by atoms with van der Waals surface area (Å²) < 4.78 is 11.3. The van der Waals surface area contributed by atoms with E-state index in [9.17, 15) is 9.59 Å². The quantitative estimate of drug-likeness (QED) is 0.526. The Kier molecular flexibility index (Phi) is 6.63. The summed E-state index contributed by atoms with van der Waals surface area (Å²) in [6, 6.07) is 9.62. The van der Waals surface area contributed by atoms with Gasteiger partial charge in [0.25, 0.3) is 5.91 Å². The van der Waals surface area contributed by atoms with Crippen LogP contribution in [0.1, 0.15) is 36.0 Å². The molecule has 1 saturated heterocycles. The Morgan fingerprint density at radius 1 is 1.16 bits per heavy atom. The molecule has 6 rings (SSSR count). The standard InChI is InChI=1S/C26H26N6O4.H2S/c1-31(18-7-8-18)25(34)16-5-3-15(4-6-16)20-13-28-26(30-23(20)35-2)29-17-11-21-24(27-12-17)36-14-19-9-10-22(33)32(19)21;/h3-6,11-13,18-19H,7-10,14H2,1-2H3,(H,28,29,30);1H2/t19-;/m0./s1. The van der Waals surface area contributed by atoms with Crippen LogP contribution < -0.4 is 19.7 Å². The zero-order chi connectivity index (χ0) is 24.8. The molecule has 3 aliphatic rings. The number of carbonyl (C=O) groups excluding carboxylic acids is 2. The van der Waals surface area contributed by atoms with E-state index in [-0.39, 0.29) is 31.4 Å². The molecular weight excluding hydrogens is 492 g/mol. The van der Waals surface area contributed by atoms with E-state index < -0.39 is 0 Å². The van der Waals surface area contributed by atoms with Gasteiger partial charge in [-0.05, 0) is 43.0 Å². The molecule has 2 amide bonds. The average Bonchev–Trinajstić information content (AvgIpc) is 3.69. The third-order valence-corrected chi connectivity index (χ3v) is 6.89. The van der Waals surface area contributed by atoms with E-state index >= 15 is 0 Å². The number of amides is 2. The lowest BCUT2D eigenvalue weighted by molar-refractivity contribution is -0.117. The first kappa shape index (κ1) is 24.8. The van der Waals surface area contributed by atoms with E-state index in [1.54, 1.807) is 29.3 Å². The average molecular weight is 521 g/mol. The van der Waals surface area contributed by atoms with Crippen molar-refractivity contribution in [2.75, 3.05) is 31.0 Å². The largest absolute Gasteiger partial charge is 0.480 e. The van der Waals surface area contributed by atoms with Gasteiger partial charge in [0.2, 0.25) is 23.6 Å². The Balaban J connectivity index is 0.00000280. The molecule has 1 aromatic carbocycles. The highest BCUT2D eigenvalue weighted by atomic mass is 32.1. The number of ether oxygens (including phenoxy) is 2. The Morgan fingerprint density at radius 3 is 2.68 bits per heavy atom. The first-order valence-electron chi connectivity index (χ1n) is 12.0. The predicted octanol–water partition coefficient (Wildman–Crippen LogP) is 3.53. The molecule has 2 aromatic heterocycles. The first-order chi connectivity index (χ1) is 17.5. The highest BCUT2D eigenvalue weighted by Crippen LogP contribution is 2.39. The summed E-state index contributed by atoms with van der Waals surface area (Å²) in [6.45, 7) is 0.465. The normalized spacial score (nSPS) is 17.7. The second-order valence-electron chi connectivity index (χ2n) is 9.28. The fourth-order valence-corrected chi connectivity index (χ4v) is 4.73. The van der Waals surface area contributed by atoms with E-state index in [1.807, 2.05) is 37.4 Å². The number of pyridine rings is 1. The molecule has 1 saturated carbocycles. The highest BCUT2D eigenvalue weighted by molar-refractivity contribution is 7.59. The SMILES string of the molecule is COc1nc(Nc2cnc3c(c2)N2C(=O)CC[C@H]2CO3)ncc1-c1ccc(C(=O)N(C)C2CC2)cc1.S. The van der Waals surface area contributed by atoms with Crippen LogP contribution in [0.4, 0.5) is 17.3 Å². The third kappa shape index (κ3) is 4.66. The minimum absolute atomic E-state index is 0. The number of nitrogens with zero attached hydrogens (tertiary/aromatic N) is 5. The summed E-state index contributed by atoms with van der Waals surface area (Å²) >= 11 is 0. The van der Waals surface area contributed by atoms with Gasteiger partial charge in [-0.15, -0.1) is 0 Å². The number of methoxy groups -OCH3 is 1. The molecule has 2 aliphatic heterocycles. The van der Waals surface area contributed by atoms with Crippen LogP contribution in [-0.4, -0.2) is 64.5 Å². The van der Waals surface area contributed by atoms with E-state index in [2.05, 4.69) is 20.3 Å². The zero-order valence-corrected chi connectivity index (χ0v) is 21.6. The van der Waals surface area contributed by atoms with Gasteiger partial charge in [0, 0.05) is 31.3 Å². The number of fused-ring (bicyclic) bond motifs is 3. The van der Waals surface area contributed by atoms with Gasteiger partial charge in [0.15, 0.2) is 0 Å². The molecule has 3 aromatic rings. The van der Waals surface area contributed by atoms with Crippen molar-refractivity contribution in [2.24, 2.45) is 0 Å². The van der Waals surface area contributed by atoms with Crippen molar-refractivity contribution in [1.82, 2.24) is 19.9 Å². The highest BCUT2D eigenvalue weighted by Gasteiger charge is 2.38. The van der Waals surface area contributed by atoms with Crippen LogP contribution in [0.5, 0.6) is 11.8 Å². The third-order valence-electron chi connectivity index (χ3n) is 6.89. The fourth-order valence-electron chi connectivity index (χ4n) is 4.73. The fraction of sp³-hybridized carbons (Fsp3) is 0.346. The van der Waals surface area contributed by atoms with E-state index in [4.69, 9.17) is 9.47 Å². The summed E-state index contributed by atoms with van der Waals surface area (Å²) in [4.78, 5) is 41.9. The van der Waals surface area contributed by atoms with Crippen LogP contribution in [0.3, 0.4) is 0 Å². The number of carbonyl (C=O) groups is 2. The first-order valence-corrected chi connectivity index (χ1v) is 12.0. The molecule has 1 atom stereocenters. The Hall–Kier alpha value is -3.86. The molecule has 192 valence electrons. The monoisotopic (exact) mass is 520 g/mol. The maximum Gasteiger partial charge on any atom is 0.253 e. The molecule has 11 heteroatoms. The Bertz CT molecular complexity index is 1350. The summed E-state index contributed by atoms with van der Waals surface area (Å²) in [7, 11) is 3.40. The second kappa shape index (κ2) is 9.89. The van der Waals surface area contributed by atoms with Crippen molar-refractivity contribution in [3.63, 3.8) is 0 Å². The number of nitrogens with one attached hydrogen (secondary N) is 1. The smallest absolute Gasteiger partial charge is 0.253 e. The van der Waals surface area contributed by atoms with E-state index in [0.29, 0.717) is 59.3 Å². The summed E-state index contributed by atoms with van der Waals surface area (Å²) in [5, 5.41) is 3.15. The van der Waals surface area contributed by atoms with Crippen LogP contribution in [-0.2, 0) is 4.79 Å². The summed E-state index contributed by atoms with van der Waals surface area (Å²) in [6.07, 6.45) is 6.74. The zero-order valence-electron chi connectivity index (χ0n) is 20.6. The molecule has 1 N–H and O–H groups in total. The van der Waals surface area contributed by atoms with Crippen LogP contribution in [0, 0.1) is 0 Å². The van der Waals surface area contributed by atoms with Crippen molar-refractivity contribution in [3.8, 4) is 22.9 Å². The van der Waals surface area contributed by atoms with Gasteiger partial charge >= 0.3 is 0 Å². The molecule has 1 aliphatic carbocycles. The Labute approximate surface area is 221 Å². The number of hydrogen-bond acceptors (Lipinski definition) is 8. The lowest BCUT2D eigenvalue weighted by Crippen LogP contribution is -2.40. The minimum Gasteiger partial charge on any atom is -0.480 e. The molecular formula is C26H28N6O4S. The van der Waals surface area contributed by atoms with Gasteiger partial charge in [-0.1, -0.05) is 12.1 Å². The number of hydrogen-bond donors (Lipinski definition) is 1. The molecule has 10 nitrogen and oxygen atoms in total. The van der Waals surface area contributed by atoms with Crippen LogP contribution >= 0.6 is 13.5 Å². The number of rotatable bonds is 6. The van der Waals surface area contributed by atoms with Gasteiger partial charge in [-0.25, -0.2) is 9.97 Å². The lowest BCUT2D eigenvalue weighted by atomic mass is 10.1. The molecule has 0 radical (unpaired) electrons. The van der Waals surface area contributed by atoms with Crippen molar-refractivity contribution >= 4 is 42.6 Å². The van der Waals surface area contributed by atoms with Crippen molar-refractivity contribution in [2.45, 2.75) is 37.8 Å². The number of benzene rings is 1. The van der Waals surface area contributed by atoms with Crippen LogP contribution in [0.2, 0.25) is 0 Å². The molecule has 0 bridgehead atoms. The molecule has 37 heavy (non-hydrogen) atoms. The maximum absolute atomic E-state index is 12.6. The van der Waals surface area contributed by atoms with Gasteiger partial charge in [0.1, 0.15) is 12.3 Å². The molecule has 0 spiro atoms. The van der Waals surface area contributed by atoms with Gasteiger partial charge in [-0.3, -0.25) is 9.59 Å². The van der Waals surface area contributed by atoms with Crippen molar-refractivity contribution in [1.29, 1.82) is 0 Å². The van der Waals surface area contributed by atoms with Gasteiger partial charge in [0.05, 0.1) is 30.6 Å². The predicted molar refractivity (Wildman–Crippen MR) is 143 cm³/mol. The van der Waals surface area contributed by atoms with Crippen molar-refractivity contribution < 1.29 is 19.1 Å². The number of anilines is 3.